The third-order valence-corrected chi connectivity index (χ3v) is 4.13. The van der Waals surface area contributed by atoms with Crippen molar-refractivity contribution < 1.29 is 9.53 Å². The summed E-state index contributed by atoms with van der Waals surface area (Å²) in [7, 11) is 0. The van der Waals surface area contributed by atoms with Crippen molar-refractivity contribution in [2.75, 3.05) is 11.9 Å². The van der Waals surface area contributed by atoms with E-state index in [2.05, 4.69) is 15.5 Å². The third kappa shape index (κ3) is 4.18. The normalized spacial score (nSPS) is 10.5. The average Bonchev–Trinajstić information content (AvgIpc) is 2.99. The molecule has 3 aromatic rings. The molecule has 0 aliphatic carbocycles. The molecule has 0 atom stereocenters. The summed E-state index contributed by atoms with van der Waals surface area (Å²) in [5.74, 6) is 1.23. The van der Waals surface area contributed by atoms with Gasteiger partial charge in [0.25, 0.3) is 0 Å². The molecule has 0 aliphatic rings. The summed E-state index contributed by atoms with van der Waals surface area (Å²) in [5.41, 5.74) is 2.74. The van der Waals surface area contributed by atoms with E-state index in [0.717, 1.165) is 22.6 Å². The van der Waals surface area contributed by atoms with Crippen LogP contribution in [0.5, 0.6) is 5.75 Å². The number of aromatic nitrogens is 3. The first-order chi connectivity index (χ1) is 12.6. The maximum Gasteiger partial charge on any atom is 0.244 e. The molecule has 0 radical (unpaired) electrons. The second-order valence-electron chi connectivity index (χ2n) is 5.81. The monoisotopic (exact) mass is 368 g/mol. The van der Waals surface area contributed by atoms with Crippen molar-refractivity contribution >= 4 is 23.8 Å². The Morgan fingerprint density at radius 3 is 2.54 bits per heavy atom. The quantitative estimate of drug-likeness (QED) is 0.646. The first kappa shape index (κ1) is 17.9. The number of hydrogen-bond donors (Lipinski definition) is 2. The number of hydrogen-bond acceptors (Lipinski definition) is 4. The smallest absolute Gasteiger partial charge is 0.244 e. The number of nitrogens with one attached hydrogen (secondary N) is 2. The lowest BCUT2D eigenvalue weighted by molar-refractivity contribution is -0.116. The van der Waals surface area contributed by atoms with Crippen LogP contribution >= 0.6 is 12.2 Å². The lowest BCUT2D eigenvalue weighted by atomic mass is 10.2. The highest BCUT2D eigenvalue weighted by molar-refractivity contribution is 7.71. The summed E-state index contributed by atoms with van der Waals surface area (Å²) in [6, 6.07) is 15.2. The van der Waals surface area contributed by atoms with Crippen molar-refractivity contribution in [3.05, 3.63) is 58.9 Å². The predicted molar refractivity (Wildman–Crippen MR) is 104 cm³/mol. The Bertz CT molecular complexity index is 943. The van der Waals surface area contributed by atoms with Gasteiger partial charge in [-0.1, -0.05) is 17.7 Å². The highest BCUT2D eigenvalue weighted by Crippen LogP contribution is 2.21. The number of benzene rings is 2. The largest absolute Gasteiger partial charge is 0.494 e. The van der Waals surface area contributed by atoms with Crippen molar-refractivity contribution in [3.8, 4) is 17.1 Å². The van der Waals surface area contributed by atoms with Gasteiger partial charge in [-0.2, -0.15) is 5.10 Å². The van der Waals surface area contributed by atoms with Gasteiger partial charge in [0, 0.05) is 11.3 Å². The number of aryl methyl sites for hydroxylation is 1. The number of carbonyl (C=O) groups excluding carboxylic acids is 1. The van der Waals surface area contributed by atoms with Crippen LogP contribution in [0.2, 0.25) is 0 Å². The van der Waals surface area contributed by atoms with Gasteiger partial charge in [0.2, 0.25) is 5.91 Å². The Morgan fingerprint density at radius 2 is 1.88 bits per heavy atom. The van der Waals surface area contributed by atoms with Crippen LogP contribution in [0.15, 0.2) is 48.5 Å². The fourth-order valence-electron chi connectivity index (χ4n) is 2.53. The molecule has 0 fully saturated rings. The van der Waals surface area contributed by atoms with E-state index in [0.29, 0.717) is 17.2 Å². The van der Waals surface area contributed by atoms with Gasteiger partial charge in [-0.15, -0.1) is 0 Å². The number of H-pyrrole nitrogens is 1. The molecule has 1 amide bonds. The molecule has 1 heterocycles. The molecule has 134 valence electrons. The van der Waals surface area contributed by atoms with Gasteiger partial charge in [-0.25, -0.2) is 0 Å². The van der Waals surface area contributed by atoms with E-state index in [-0.39, 0.29) is 12.5 Å². The predicted octanol–water partition coefficient (Wildman–Crippen LogP) is 3.95. The van der Waals surface area contributed by atoms with E-state index in [4.69, 9.17) is 17.0 Å². The molecule has 7 heteroatoms. The van der Waals surface area contributed by atoms with Crippen molar-refractivity contribution in [3.63, 3.8) is 0 Å². The molecule has 2 aromatic carbocycles. The van der Waals surface area contributed by atoms with E-state index < -0.39 is 0 Å². The molecular formula is C19H20N4O2S. The van der Waals surface area contributed by atoms with Crippen molar-refractivity contribution in [1.29, 1.82) is 0 Å². The maximum absolute atomic E-state index is 12.4. The fourth-order valence-corrected chi connectivity index (χ4v) is 2.73. The second-order valence-corrected chi connectivity index (χ2v) is 6.20. The Kier molecular flexibility index (Phi) is 5.48. The number of ether oxygens (including phenoxy) is 1. The number of anilines is 1. The number of nitrogens with zero attached hydrogens (tertiary/aromatic N) is 2. The van der Waals surface area contributed by atoms with Gasteiger partial charge in [-0.3, -0.25) is 14.5 Å². The standard InChI is InChI=1S/C19H20N4O2S/c1-3-25-16-10-6-14(7-11-16)18-21-22-19(26)23(18)12-17(24)20-15-8-4-13(2)5-9-15/h4-11H,3,12H2,1-2H3,(H,20,24)(H,22,26). The van der Waals surface area contributed by atoms with Crippen molar-refractivity contribution in [2.24, 2.45) is 0 Å². The molecular weight excluding hydrogens is 348 g/mol. The van der Waals surface area contributed by atoms with Gasteiger partial charge in [-0.05, 0) is 62.5 Å². The molecule has 1 aromatic heterocycles. The number of aromatic amines is 1. The SMILES string of the molecule is CCOc1ccc(-c2n[nH]c(=S)n2CC(=O)Nc2ccc(C)cc2)cc1. The summed E-state index contributed by atoms with van der Waals surface area (Å²) in [6.07, 6.45) is 0. The van der Waals surface area contributed by atoms with Crippen LogP contribution in [0.4, 0.5) is 5.69 Å². The Morgan fingerprint density at radius 1 is 1.19 bits per heavy atom. The number of amides is 1. The van der Waals surface area contributed by atoms with E-state index in [1.165, 1.54) is 0 Å². The lowest BCUT2D eigenvalue weighted by Crippen LogP contribution is -2.19. The molecule has 0 spiro atoms. The molecule has 0 aliphatic heterocycles. The molecule has 6 nitrogen and oxygen atoms in total. The summed E-state index contributed by atoms with van der Waals surface area (Å²) in [4.78, 5) is 12.4. The topological polar surface area (TPSA) is 71.9 Å². The van der Waals surface area contributed by atoms with Crippen LogP contribution < -0.4 is 10.1 Å². The van der Waals surface area contributed by atoms with Crippen LogP contribution in [-0.2, 0) is 11.3 Å². The maximum atomic E-state index is 12.4. The van der Waals surface area contributed by atoms with Crippen LogP contribution in [0.25, 0.3) is 11.4 Å². The zero-order valence-electron chi connectivity index (χ0n) is 14.7. The van der Waals surface area contributed by atoms with Gasteiger partial charge < -0.3 is 10.1 Å². The van der Waals surface area contributed by atoms with Crippen LogP contribution in [-0.4, -0.2) is 27.3 Å². The van der Waals surface area contributed by atoms with Gasteiger partial charge in [0.1, 0.15) is 12.3 Å². The van der Waals surface area contributed by atoms with Crippen molar-refractivity contribution in [1.82, 2.24) is 14.8 Å². The van der Waals surface area contributed by atoms with Gasteiger partial charge in [0.15, 0.2) is 10.6 Å². The van der Waals surface area contributed by atoms with Crippen LogP contribution in [0.3, 0.4) is 0 Å². The van der Waals surface area contributed by atoms with E-state index in [1.807, 2.05) is 62.4 Å². The van der Waals surface area contributed by atoms with Gasteiger partial charge in [0.05, 0.1) is 6.61 Å². The Hall–Kier alpha value is -2.93. The highest BCUT2D eigenvalue weighted by Gasteiger charge is 2.13. The van der Waals surface area contributed by atoms with Crippen LogP contribution in [0.1, 0.15) is 12.5 Å². The molecule has 3 rings (SSSR count). The molecule has 0 saturated carbocycles. The summed E-state index contributed by atoms with van der Waals surface area (Å²) < 4.78 is 7.52. The number of rotatable bonds is 6. The van der Waals surface area contributed by atoms with E-state index in [1.54, 1.807) is 4.57 Å². The minimum Gasteiger partial charge on any atom is -0.494 e. The summed E-state index contributed by atoms with van der Waals surface area (Å²) in [6.45, 7) is 4.62. The molecule has 0 saturated heterocycles. The third-order valence-electron chi connectivity index (χ3n) is 3.82. The lowest BCUT2D eigenvalue weighted by Gasteiger charge is -2.09. The van der Waals surface area contributed by atoms with Crippen LogP contribution in [0, 0.1) is 11.7 Å². The zero-order chi connectivity index (χ0) is 18.5. The Labute approximate surface area is 156 Å². The minimum atomic E-state index is -0.168. The van der Waals surface area contributed by atoms with E-state index in [9.17, 15) is 4.79 Å². The van der Waals surface area contributed by atoms with E-state index >= 15 is 0 Å². The fraction of sp³-hybridized carbons (Fsp3) is 0.211. The molecule has 0 bridgehead atoms. The summed E-state index contributed by atoms with van der Waals surface area (Å²) in [5, 5.41) is 9.89. The van der Waals surface area contributed by atoms with Crippen molar-refractivity contribution in [2.45, 2.75) is 20.4 Å². The Balaban J connectivity index is 1.78. The molecule has 0 unspecified atom stereocenters. The molecule has 26 heavy (non-hydrogen) atoms. The first-order valence-corrected chi connectivity index (χ1v) is 8.72. The average molecular weight is 368 g/mol. The summed E-state index contributed by atoms with van der Waals surface area (Å²) >= 11 is 5.28. The minimum absolute atomic E-state index is 0.0752. The first-order valence-electron chi connectivity index (χ1n) is 8.32. The second kappa shape index (κ2) is 7.97. The zero-order valence-corrected chi connectivity index (χ0v) is 15.5. The number of carbonyl (C=O) groups is 1. The molecule has 2 N–H and O–H groups in total. The highest BCUT2D eigenvalue weighted by atomic mass is 32.1. The van der Waals surface area contributed by atoms with Gasteiger partial charge >= 0.3 is 0 Å².